The third-order valence-corrected chi connectivity index (χ3v) is 2.23. The molecule has 0 aromatic heterocycles. The Labute approximate surface area is 86.8 Å². The van der Waals surface area contributed by atoms with Crippen LogP contribution in [0, 0.1) is 12.3 Å². The molecule has 1 nitrogen and oxygen atoms in total. The van der Waals surface area contributed by atoms with Crippen molar-refractivity contribution in [3.63, 3.8) is 0 Å². The fraction of sp³-hybridized carbons (Fsp3) is 0.385. The van der Waals surface area contributed by atoms with Gasteiger partial charge in [0.2, 0.25) is 0 Å². The van der Waals surface area contributed by atoms with E-state index in [1.54, 1.807) is 0 Å². The summed E-state index contributed by atoms with van der Waals surface area (Å²) in [5, 5.41) is 0. The molecule has 0 saturated heterocycles. The quantitative estimate of drug-likeness (QED) is 0.611. The number of hydrogen-bond acceptors (Lipinski definition) is 1. The first-order chi connectivity index (χ1) is 6.74. The molecule has 0 unspecified atom stereocenters. The van der Waals surface area contributed by atoms with E-state index < -0.39 is 0 Å². The van der Waals surface area contributed by atoms with Gasteiger partial charge in [-0.2, -0.15) is 0 Å². The Hall–Kier alpha value is -1.26. The van der Waals surface area contributed by atoms with Crippen LogP contribution in [0.5, 0.6) is 0 Å². The van der Waals surface area contributed by atoms with Crippen molar-refractivity contribution in [2.75, 3.05) is 20.1 Å². The van der Waals surface area contributed by atoms with E-state index in [2.05, 4.69) is 35.6 Å². The van der Waals surface area contributed by atoms with Gasteiger partial charge in [0.15, 0.2) is 0 Å². The van der Waals surface area contributed by atoms with Gasteiger partial charge in [-0.15, -0.1) is 6.42 Å². The Morgan fingerprint density at radius 2 is 2.43 bits per heavy atom. The lowest BCUT2D eigenvalue weighted by atomic mass is 10.0. The van der Waals surface area contributed by atoms with Crippen LogP contribution in [0.1, 0.15) is 12.8 Å². The maximum Gasteiger partial charge on any atom is 0.0599 e. The molecule has 0 radical (unpaired) electrons. The van der Waals surface area contributed by atoms with E-state index in [0.717, 1.165) is 25.0 Å². The molecule has 0 aromatic rings. The van der Waals surface area contributed by atoms with Gasteiger partial charge in [0.05, 0.1) is 6.54 Å². The Morgan fingerprint density at radius 1 is 1.64 bits per heavy atom. The number of hydrogen-bond donors (Lipinski definition) is 0. The summed E-state index contributed by atoms with van der Waals surface area (Å²) in [6, 6.07) is 0. The number of terminal acetylenes is 1. The van der Waals surface area contributed by atoms with E-state index >= 15 is 0 Å². The lowest BCUT2D eigenvalue weighted by Gasteiger charge is -2.17. The highest BCUT2D eigenvalue weighted by molar-refractivity contribution is 5.40. The van der Waals surface area contributed by atoms with Crippen molar-refractivity contribution in [2.24, 2.45) is 0 Å². The van der Waals surface area contributed by atoms with Crippen LogP contribution >= 0.6 is 0 Å². The van der Waals surface area contributed by atoms with Gasteiger partial charge in [-0.1, -0.05) is 30.7 Å². The maximum atomic E-state index is 5.23. The topological polar surface area (TPSA) is 3.24 Å². The van der Waals surface area contributed by atoms with Crippen LogP contribution in [0.25, 0.3) is 0 Å². The minimum Gasteiger partial charge on any atom is -0.291 e. The first kappa shape index (κ1) is 10.8. The molecule has 1 rings (SSSR count). The summed E-state index contributed by atoms with van der Waals surface area (Å²) in [6.45, 7) is 5.59. The van der Waals surface area contributed by atoms with E-state index in [-0.39, 0.29) is 0 Å². The first-order valence-electron chi connectivity index (χ1n) is 4.91. The maximum absolute atomic E-state index is 5.23. The van der Waals surface area contributed by atoms with E-state index in [0.29, 0.717) is 6.54 Å². The monoisotopic (exact) mass is 187 g/mol. The second-order valence-corrected chi connectivity index (χ2v) is 3.62. The van der Waals surface area contributed by atoms with Crippen LogP contribution in [0.2, 0.25) is 0 Å². The average Bonchev–Trinajstić information content (AvgIpc) is 2.19. The third kappa shape index (κ3) is 3.24. The highest BCUT2D eigenvalue weighted by Gasteiger charge is 2.04. The lowest BCUT2D eigenvalue weighted by Crippen LogP contribution is -2.21. The molecule has 0 N–H and O–H groups in total. The van der Waals surface area contributed by atoms with Crippen molar-refractivity contribution in [1.29, 1.82) is 0 Å². The SMILES string of the molecule is C#CCN(C)CC(=C)C1=CCCC=C1. The molecule has 0 atom stereocenters. The van der Waals surface area contributed by atoms with Gasteiger partial charge in [0.1, 0.15) is 0 Å². The largest absolute Gasteiger partial charge is 0.291 e. The van der Waals surface area contributed by atoms with Gasteiger partial charge in [0, 0.05) is 6.54 Å². The molecular formula is C13H17N. The average molecular weight is 187 g/mol. The summed E-state index contributed by atoms with van der Waals surface area (Å²) >= 11 is 0. The first-order valence-corrected chi connectivity index (χ1v) is 4.91. The molecule has 14 heavy (non-hydrogen) atoms. The van der Waals surface area contributed by atoms with Gasteiger partial charge in [-0.05, 0) is 31.0 Å². The molecule has 0 aliphatic heterocycles. The molecular weight excluding hydrogens is 170 g/mol. The van der Waals surface area contributed by atoms with Crippen molar-refractivity contribution in [3.8, 4) is 12.3 Å². The molecule has 0 saturated carbocycles. The predicted octanol–water partition coefficient (Wildman–Crippen LogP) is 2.38. The number of allylic oxidation sites excluding steroid dienone is 3. The van der Waals surface area contributed by atoms with Crippen LogP contribution in [0.15, 0.2) is 36.0 Å². The van der Waals surface area contributed by atoms with Crippen LogP contribution in [-0.4, -0.2) is 25.0 Å². The molecule has 0 amide bonds. The molecule has 0 aromatic carbocycles. The zero-order valence-electron chi connectivity index (χ0n) is 8.79. The smallest absolute Gasteiger partial charge is 0.0599 e. The van der Waals surface area contributed by atoms with Crippen molar-refractivity contribution in [3.05, 3.63) is 36.0 Å². The van der Waals surface area contributed by atoms with Gasteiger partial charge in [0.25, 0.3) is 0 Å². The van der Waals surface area contributed by atoms with Gasteiger partial charge < -0.3 is 0 Å². The molecule has 1 aliphatic rings. The van der Waals surface area contributed by atoms with Gasteiger partial charge >= 0.3 is 0 Å². The molecule has 1 heteroatoms. The van der Waals surface area contributed by atoms with E-state index in [4.69, 9.17) is 6.42 Å². The number of rotatable bonds is 4. The molecule has 74 valence electrons. The van der Waals surface area contributed by atoms with E-state index in [1.165, 1.54) is 5.57 Å². The van der Waals surface area contributed by atoms with Crippen molar-refractivity contribution >= 4 is 0 Å². The number of likely N-dealkylation sites (N-methyl/N-ethyl adjacent to an activating group) is 1. The predicted molar refractivity (Wildman–Crippen MR) is 61.9 cm³/mol. The number of nitrogens with zero attached hydrogens (tertiary/aromatic N) is 1. The highest BCUT2D eigenvalue weighted by Crippen LogP contribution is 2.16. The zero-order valence-corrected chi connectivity index (χ0v) is 8.79. The standard InChI is InChI=1S/C13H17N/c1-4-10-14(3)11-12(2)13-8-6-5-7-9-13/h1,6,8-9H,2,5,7,10-11H2,3H3. The summed E-state index contributed by atoms with van der Waals surface area (Å²) in [5.74, 6) is 2.62. The Bertz CT molecular complexity index is 302. The molecule has 0 spiro atoms. The fourth-order valence-electron chi connectivity index (χ4n) is 1.50. The van der Waals surface area contributed by atoms with Gasteiger partial charge in [-0.25, -0.2) is 0 Å². The Kier molecular flexibility index (Phi) is 4.22. The van der Waals surface area contributed by atoms with Crippen LogP contribution in [0.3, 0.4) is 0 Å². The Morgan fingerprint density at radius 3 is 3.00 bits per heavy atom. The summed E-state index contributed by atoms with van der Waals surface area (Å²) in [4.78, 5) is 2.09. The van der Waals surface area contributed by atoms with E-state index in [1.807, 2.05) is 7.05 Å². The summed E-state index contributed by atoms with van der Waals surface area (Å²) in [6.07, 6.45) is 14.1. The minimum absolute atomic E-state index is 0.677. The minimum atomic E-state index is 0.677. The lowest BCUT2D eigenvalue weighted by molar-refractivity contribution is 0.411. The zero-order chi connectivity index (χ0) is 10.4. The van der Waals surface area contributed by atoms with Crippen LogP contribution < -0.4 is 0 Å². The molecule has 0 fully saturated rings. The van der Waals surface area contributed by atoms with Crippen molar-refractivity contribution in [1.82, 2.24) is 4.90 Å². The Balaban J connectivity index is 2.46. The van der Waals surface area contributed by atoms with Crippen molar-refractivity contribution in [2.45, 2.75) is 12.8 Å². The van der Waals surface area contributed by atoms with Gasteiger partial charge in [-0.3, -0.25) is 4.90 Å². The normalized spacial score (nSPS) is 15.1. The fourth-order valence-corrected chi connectivity index (χ4v) is 1.50. The highest BCUT2D eigenvalue weighted by atomic mass is 15.1. The molecule has 0 heterocycles. The third-order valence-electron chi connectivity index (χ3n) is 2.23. The van der Waals surface area contributed by atoms with Crippen molar-refractivity contribution < 1.29 is 0 Å². The second-order valence-electron chi connectivity index (χ2n) is 3.62. The summed E-state index contributed by atoms with van der Waals surface area (Å²) in [5.41, 5.74) is 2.42. The summed E-state index contributed by atoms with van der Waals surface area (Å²) < 4.78 is 0. The van der Waals surface area contributed by atoms with Crippen LogP contribution in [-0.2, 0) is 0 Å². The second kappa shape index (κ2) is 5.47. The summed E-state index contributed by atoms with van der Waals surface area (Å²) in [7, 11) is 2.01. The molecule has 1 aliphatic carbocycles. The molecule has 0 bridgehead atoms. The van der Waals surface area contributed by atoms with E-state index in [9.17, 15) is 0 Å². The van der Waals surface area contributed by atoms with Crippen LogP contribution in [0.4, 0.5) is 0 Å².